The first-order valence-electron chi connectivity index (χ1n) is 8.69. The zero-order chi connectivity index (χ0) is 19.8. The highest BCUT2D eigenvalue weighted by Crippen LogP contribution is 2.26. The highest BCUT2D eigenvalue weighted by molar-refractivity contribution is 6.21. The van der Waals surface area contributed by atoms with Crippen LogP contribution in [-0.4, -0.2) is 60.5 Å². The Kier molecular flexibility index (Phi) is 7.24. The normalized spacial score (nSPS) is 12.9. The predicted octanol–water partition coefficient (Wildman–Crippen LogP) is 1.31. The maximum atomic E-state index is 12.3. The molecule has 27 heavy (non-hydrogen) atoms. The van der Waals surface area contributed by atoms with Crippen LogP contribution in [0.4, 0.5) is 10.5 Å². The Labute approximate surface area is 156 Å². The van der Waals surface area contributed by atoms with Crippen LogP contribution >= 0.6 is 0 Å². The van der Waals surface area contributed by atoms with Crippen LogP contribution in [-0.2, 0) is 4.74 Å². The lowest BCUT2D eigenvalue weighted by Crippen LogP contribution is -2.38. The van der Waals surface area contributed by atoms with Gasteiger partial charge in [-0.15, -0.1) is 0 Å². The standard InChI is InChI=1S/C17H22N4O6/c1-2-27-10-4-8-19-17(24)18-7-3-9-20-15(22)13-6-5-12(21(25)26)11-14(13)16(20)23/h5-6,11H,2-4,7-10H2,1H3,(H2,18,19,24). The number of nitrogens with one attached hydrogen (secondary N) is 2. The van der Waals surface area contributed by atoms with E-state index in [-0.39, 0.29) is 35.9 Å². The van der Waals surface area contributed by atoms with Gasteiger partial charge in [-0.3, -0.25) is 24.6 Å². The zero-order valence-corrected chi connectivity index (χ0v) is 15.0. The number of nitro groups is 1. The summed E-state index contributed by atoms with van der Waals surface area (Å²) in [6.07, 6.45) is 1.09. The fourth-order valence-electron chi connectivity index (χ4n) is 2.62. The Balaban J connectivity index is 1.75. The molecule has 0 aliphatic carbocycles. The van der Waals surface area contributed by atoms with Crippen LogP contribution in [0.15, 0.2) is 18.2 Å². The maximum absolute atomic E-state index is 12.3. The number of hydrogen-bond acceptors (Lipinski definition) is 6. The van der Waals surface area contributed by atoms with Crippen LogP contribution in [0, 0.1) is 10.1 Å². The lowest BCUT2D eigenvalue weighted by molar-refractivity contribution is -0.384. The third-order valence-corrected chi connectivity index (χ3v) is 3.96. The summed E-state index contributed by atoms with van der Waals surface area (Å²) in [5, 5.41) is 16.1. The molecule has 4 amide bonds. The Bertz CT molecular complexity index is 736. The summed E-state index contributed by atoms with van der Waals surface area (Å²) in [5.41, 5.74) is -0.0424. The SMILES string of the molecule is CCOCCCNC(=O)NCCCN1C(=O)c2ccc([N+](=O)[O-])cc2C1=O. The second-order valence-electron chi connectivity index (χ2n) is 5.84. The molecule has 0 aromatic heterocycles. The first kappa shape index (κ1) is 20.3. The van der Waals surface area contributed by atoms with Crippen molar-refractivity contribution >= 4 is 23.5 Å². The molecule has 0 saturated heterocycles. The molecule has 1 aliphatic rings. The number of nitro benzene ring substituents is 1. The number of urea groups is 1. The summed E-state index contributed by atoms with van der Waals surface area (Å²) >= 11 is 0. The third-order valence-electron chi connectivity index (χ3n) is 3.96. The maximum Gasteiger partial charge on any atom is 0.314 e. The lowest BCUT2D eigenvalue weighted by Gasteiger charge is -2.14. The van der Waals surface area contributed by atoms with Crippen molar-refractivity contribution in [3.05, 3.63) is 39.4 Å². The van der Waals surface area contributed by atoms with Crippen LogP contribution in [0.5, 0.6) is 0 Å². The minimum atomic E-state index is -0.613. The molecule has 1 aliphatic heterocycles. The van der Waals surface area contributed by atoms with E-state index in [1.165, 1.54) is 12.1 Å². The first-order valence-corrected chi connectivity index (χ1v) is 8.69. The second kappa shape index (κ2) is 9.62. The quantitative estimate of drug-likeness (QED) is 0.273. The van der Waals surface area contributed by atoms with Crippen molar-refractivity contribution in [2.75, 3.05) is 32.8 Å². The summed E-state index contributed by atoms with van der Waals surface area (Å²) in [6, 6.07) is 3.28. The number of benzene rings is 1. The Morgan fingerprint density at radius 1 is 1.15 bits per heavy atom. The van der Waals surface area contributed by atoms with E-state index in [0.717, 1.165) is 11.0 Å². The van der Waals surface area contributed by atoms with E-state index in [9.17, 15) is 24.5 Å². The van der Waals surface area contributed by atoms with Gasteiger partial charge in [-0.05, 0) is 25.8 Å². The van der Waals surface area contributed by atoms with Gasteiger partial charge in [0.15, 0.2) is 0 Å². The van der Waals surface area contributed by atoms with E-state index in [1.807, 2.05) is 6.92 Å². The molecule has 0 bridgehead atoms. The number of amides is 4. The molecule has 10 nitrogen and oxygen atoms in total. The Hall–Kier alpha value is -3.01. The average Bonchev–Trinajstić information content (AvgIpc) is 2.89. The van der Waals surface area contributed by atoms with Gasteiger partial charge in [0.1, 0.15) is 0 Å². The topological polar surface area (TPSA) is 131 Å². The summed E-state index contributed by atoms with van der Waals surface area (Å²) in [4.78, 5) is 47.4. The van der Waals surface area contributed by atoms with Crippen LogP contribution in [0.3, 0.4) is 0 Å². The van der Waals surface area contributed by atoms with Crippen molar-refractivity contribution in [1.29, 1.82) is 0 Å². The van der Waals surface area contributed by atoms with E-state index in [1.54, 1.807) is 0 Å². The largest absolute Gasteiger partial charge is 0.382 e. The van der Waals surface area contributed by atoms with Gasteiger partial charge in [0.05, 0.1) is 16.1 Å². The van der Waals surface area contributed by atoms with Crippen molar-refractivity contribution in [2.45, 2.75) is 19.8 Å². The van der Waals surface area contributed by atoms with Crippen LogP contribution in [0.2, 0.25) is 0 Å². The van der Waals surface area contributed by atoms with E-state index in [0.29, 0.717) is 32.6 Å². The predicted molar refractivity (Wildman–Crippen MR) is 95.6 cm³/mol. The first-order chi connectivity index (χ1) is 13.0. The fourth-order valence-corrected chi connectivity index (χ4v) is 2.62. The molecule has 0 unspecified atom stereocenters. The van der Waals surface area contributed by atoms with Gasteiger partial charge in [-0.25, -0.2) is 4.79 Å². The van der Waals surface area contributed by atoms with Crippen molar-refractivity contribution < 1.29 is 24.0 Å². The fraction of sp³-hybridized carbons (Fsp3) is 0.471. The van der Waals surface area contributed by atoms with Gasteiger partial charge in [0.2, 0.25) is 0 Å². The van der Waals surface area contributed by atoms with Crippen molar-refractivity contribution in [2.24, 2.45) is 0 Å². The molecule has 1 aromatic carbocycles. The number of rotatable bonds is 10. The van der Waals surface area contributed by atoms with Gasteiger partial charge in [0, 0.05) is 45.0 Å². The molecular formula is C17H22N4O6. The minimum Gasteiger partial charge on any atom is -0.382 e. The lowest BCUT2D eigenvalue weighted by atomic mass is 10.1. The zero-order valence-electron chi connectivity index (χ0n) is 15.0. The molecular weight excluding hydrogens is 356 g/mol. The van der Waals surface area contributed by atoms with Gasteiger partial charge >= 0.3 is 6.03 Å². The van der Waals surface area contributed by atoms with Gasteiger partial charge in [0.25, 0.3) is 17.5 Å². The van der Waals surface area contributed by atoms with E-state index in [2.05, 4.69) is 10.6 Å². The van der Waals surface area contributed by atoms with E-state index >= 15 is 0 Å². The molecule has 1 heterocycles. The molecule has 0 saturated carbocycles. The Morgan fingerprint density at radius 3 is 2.48 bits per heavy atom. The molecule has 146 valence electrons. The monoisotopic (exact) mass is 378 g/mol. The summed E-state index contributed by atoms with van der Waals surface area (Å²) in [5.74, 6) is -1.04. The minimum absolute atomic E-state index is 0.0363. The third kappa shape index (κ3) is 5.23. The summed E-state index contributed by atoms with van der Waals surface area (Å²) in [6.45, 7) is 4.00. The van der Waals surface area contributed by atoms with Gasteiger partial charge < -0.3 is 15.4 Å². The van der Waals surface area contributed by atoms with Crippen LogP contribution < -0.4 is 10.6 Å². The molecule has 2 N–H and O–H groups in total. The van der Waals surface area contributed by atoms with E-state index in [4.69, 9.17) is 4.74 Å². The van der Waals surface area contributed by atoms with Crippen LogP contribution in [0.25, 0.3) is 0 Å². The summed E-state index contributed by atoms with van der Waals surface area (Å²) in [7, 11) is 0. The number of fused-ring (bicyclic) bond motifs is 1. The average molecular weight is 378 g/mol. The Morgan fingerprint density at radius 2 is 1.81 bits per heavy atom. The number of nitrogens with zero attached hydrogens (tertiary/aromatic N) is 2. The number of carbonyl (C=O) groups is 3. The van der Waals surface area contributed by atoms with Gasteiger partial charge in [-0.2, -0.15) is 0 Å². The molecule has 0 atom stereocenters. The van der Waals surface area contributed by atoms with Crippen molar-refractivity contribution in [3.8, 4) is 0 Å². The number of imide groups is 1. The number of hydrogen-bond donors (Lipinski definition) is 2. The molecule has 0 radical (unpaired) electrons. The smallest absolute Gasteiger partial charge is 0.314 e. The highest BCUT2D eigenvalue weighted by atomic mass is 16.6. The molecule has 0 fully saturated rings. The number of non-ortho nitro benzene ring substituents is 1. The molecule has 0 spiro atoms. The van der Waals surface area contributed by atoms with Crippen molar-refractivity contribution in [3.63, 3.8) is 0 Å². The number of ether oxygens (including phenoxy) is 1. The molecule has 10 heteroatoms. The molecule has 2 rings (SSSR count). The number of carbonyl (C=O) groups excluding carboxylic acids is 3. The highest BCUT2D eigenvalue weighted by Gasteiger charge is 2.36. The van der Waals surface area contributed by atoms with Crippen LogP contribution in [0.1, 0.15) is 40.5 Å². The molecule has 1 aromatic rings. The van der Waals surface area contributed by atoms with Crippen molar-refractivity contribution in [1.82, 2.24) is 15.5 Å². The van der Waals surface area contributed by atoms with Gasteiger partial charge in [-0.1, -0.05) is 0 Å². The second-order valence-corrected chi connectivity index (χ2v) is 5.84. The summed E-state index contributed by atoms with van der Waals surface area (Å²) < 4.78 is 5.16. The van der Waals surface area contributed by atoms with E-state index < -0.39 is 16.7 Å².